The van der Waals surface area contributed by atoms with E-state index in [4.69, 9.17) is 20.3 Å². The fraction of sp³-hybridized carbons (Fsp3) is 0.346. The summed E-state index contributed by atoms with van der Waals surface area (Å²) in [6.07, 6.45) is 2.78. The number of rotatable bonds is 7. The first-order valence-corrected chi connectivity index (χ1v) is 11.8. The van der Waals surface area contributed by atoms with Gasteiger partial charge >= 0.3 is 0 Å². The molecule has 0 fully saturated rings. The van der Waals surface area contributed by atoms with Crippen LogP contribution in [0, 0.1) is 13.8 Å². The van der Waals surface area contributed by atoms with Crippen LogP contribution >= 0.6 is 0 Å². The van der Waals surface area contributed by atoms with Gasteiger partial charge in [0.25, 0.3) is 0 Å². The summed E-state index contributed by atoms with van der Waals surface area (Å²) in [5.41, 5.74) is 13.5. The van der Waals surface area contributed by atoms with Gasteiger partial charge in [0, 0.05) is 32.6 Å². The van der Waals surface area contributed by atoms with Crippen LogP contribution in [-0.4, -0.2) is 46.6 Å². The molecule has 1 aliphatic heterocycles. The molecule has 0 radical (unpaired) electrons. The monoisotopic (exact) mass is 473 g/mol. The number of nitrogens with two attached hydrogens (primary N) is 1. The van der Waals surface area contributed by atoms with E-state index < -0.39 is 0 Å². The first kappa shape index (κ1) is 23.1. The number of anilines is 4. The molecule has 0 atom stereocenters. The van der Waals surface area contributed by atoms with E-state index in [1.807, 2.05) is 7.05 Å². The molecule has 35 heavy (non-hydrogen) atoms. The maximum atomic E-state index is 5.91. The van der Waals surface area contributed by atoms with E-state index in [0.717, 1.165) is 59.0 Å². The van der Waals surface area contributed by atoms with Gasteiger partial charge in [0.1, 0.15) is 12.4 Å². The Morgan fingerprint density at radius 1 is 1.11 bits per heavy atom. The van der Waals surface area contributed by atoms with Crippen molar-refractivity contribution in [3.05, 3.63) is 58.8 Å². The Morgan fingerprint density at radius 3 is 2.69 bits per heavy atom. The fourth-order valence-corrected chi connectivity index (χ4v) is 4.76. The molecule has 3 N–H and O–H groups in total. The third-order valence-electron chi connectivity index (χ3n) is 6.37. The van der Waals surface area contributed by atoms with Crippen LogP contribution < -0.4 is 20.7 Å². The van der Waals surface area contributed by atoms with Gasteiger partial charge in [-0.25, -0.2) is 9.67 Å². The predicted molar refractivity (Wildman–Crippen MR) is 138 cm³/mol. The van der Waals surface area contributed by atoms with Gasteiger partial charge in [-0.1, -0.05) is 6.07 Å². The van der Waals surface area contributed by atoms with Crippen molar-refractivity contribution >= 4 is 34.2 Å². The summed E-state index contributed by atoms with van der Waals surface area (Å²) in [7, 11) is 3.54. The van der Waals surface area contributed by atoms with Crippen LogP contribution in [0.4, 0.5) is 23.1 Å². The van der Waals surface area contributed by atoms with Gasteiger partial charge in [-0.05, 0) is 73.3 Å². The molecule has 2 aromatic heterocycles. The second-order valence-electron chi connectivity index (χ2n) is 8.87. The fourth-order valence-electron chi connectivity index (χ4n) is 4.76. The van der Waals surface area contributed by atoms with Crippen molar-refractivity contribution in [2.45, 2.75) is 26.8 Å². The van der Waals surface area contributed by atoms with Crippen LogP contribution in [-0.2, 0) is 24.8 Å². The normalized spacial score (nSPS) is 13.1. The first-order chi connectivity index (χ1) is 17.0. The Balaban J connectivity index is 1.69. The largest absolute Gasteiger partial charge is 0.491 e. The van der Waals surface area contributed by atoms with Crippen LogP contribution in [0.3, 0.4) is 0 Å². The highest BCUT2D eigenvalue weighted by Crippen LogP contribution is 2.42. The standard InChI is InChI=1S/C26H31N7O2/c1-16-11-21(35-10-9-34-4)12-17(2)23(16)33(20-6-5-18-7-8-28-14-19(18)13-20)25-22-15-29-26(27)30-24(22)32(3)31-25/h5-6,11-13,15,28H,7-10,14H2,1-4H3,(H2,27,29,30). The number of hydrogen-bond acceptors (Lipinski definition) is 8. The van der Waals surface area contributed by atoms with Gasteiger partial charge in [-0.15, -0.1) is 0 Å². The lowest BCUT2D eigenvalue weighted by Gasteiger charge is -2.29. The van der Waals surface area contributed by atoms with Crippen molar-refractivity contribution in [1.82, 2.24) is 25.1 Å². The third-order valence-corrected chi connectivity index (χ3v) is 6.37. The highest BCUT2D eigenvalue weighted by Gasteiger charge is 2.25. The molecule has 3 heterocycles. The first-order valence-electron chi connectivity index (χ1n) is 11.8. The minimum Gasteiger partial charge on any atom is -0.491 e. The van der Waals surface area contributed by atoms with Crippen molar-refractivity contribution in [3.63, 3.8) is 0 Å². The summed E-state index contributed by atoms with van der Waals surface area (Å²) in [5, 5.41) is 9.20. The van der Waals surface area contributed by atoms with Crippen LogP contribution in [0.2, 0.25) is 0 Å². The summed E-state index contributed by atoms with van der Waals surface area (Å²) in [4.78, 5) is 10.9. The maximum Gasteiger partial charge on any atom is 0.222 e. The third kappa shape index (κ3) is 4.40. The number of nitrogen functional groups attached to an aromatic ring is 1. The van der Waals surface area contributed by atoms with E-state index in [1.54, 1.807) is 18.0 Å². The highest BCUT2D eigenvalue weighted by molar-refractivity contribution is 5.95. The Kier molecular flexibility index (Phi) is 6.27. The number of fused-ring (bicyclic) bond motifs is 2. The van der Waals surface area contributed by atoms with Crippen molar-refractivity contribution < 1.29 is 9.47 Å². The van der Waals surface area contributed by atoms with Gasteiger partial charge in [-0.2, -0.15) is 10.1 Å². The lowest BCUT2D eigenvalue weighted by atomic mass is 9.99. The summed E-state index contributed by atoms with van der Waals surface area (Å²) in [5.74, 6) is 1.80. The molecule has 0 amide bonds. The second kappa shape index (κ2) is 9.52. The van der Waals surface area contributed by atoms with Crippen LogP contribution in [0.1, 0.15) is 22.3 Å². The van der Waals surface area contributed by atoms with E-state index in [2.05, 4.69) is 64.4 Å². The predicted octanol–water partition coefficient (Wildman–Crippen LogP) is 3.70. The zero-order valence-electron chi connectivity index (χ0n) is 20.6. The van der Waals surface area contributed by atoms with E-state index in [0.29, 0.717) is 18.9 Å². The second-order valence-corrected chi connectivity index (χ2v) is 8.87. The van der Waals surface area contributed by atoms with Gasteiger partial charge < -0.3 is 20.5 Å². The lowest BCUT2D eigenvalue weighted by Crippen LogP contribution is -2.24. The van der Waals surface area contributed by atoms with E-state index in [1.165, 1.54) is 11.1 Å². The zero-order chi connectivity index (χ0) is 24.5. The quantitative estimate of drug-likeness (QED) is 0.392. The molecule has 182 valence electrons. The number of nitrogens with zero attached hydrogens (tertiary/aromatic N) is 5. The molecule has 0 saturated carbocycles. The molecule has 1 aliphatic rings. The van der Waals surface area contributed by atoms with Gasteiger partial charge in [0.15, 0.2) is 11.5 Å². The number of ether oxygens (including phenoxy) is 2. The maximum absolute atomic E-state index is 5.91. The molecule has 9 heteroatoms. The van der Waals surface area contributed by atoms with E-state index in [-0.39, 0.29) is 5.95 Å². The molecule has 9 nitrogen and oxygen atoms in total. The number of aryl methyl sites for hydroxylation is 3. The van der Waals surface area contributed by atoms with Gasteiger partial charge in [-0.3, -0.25) is 4.90 Å². The molecule has 2 aromatic carbocycles. The van der Waals surface area contributed by atoms with Crippen molar-refractivity contribution in [3.8, 4) is 5.75 Å². The average Bonchev–Trinajstić information content (AvgIpc) is 3.16. The summed E-state index contributed by atoms with van der Waals surface area (Å²) in [6, 6.07) is 10.8. The molecule has 0 bridgehead atoms. The molecule has 5 rings (SSSR count). The Hall–Kier alpha value is -3.69. The number of benzene rings is 2. The summed E-state index contributed by atoms with van der Waals surface area (Å²) >= 11 is 0. The smallest absolute Gasteiger partial charge is 0.222 e. The lowest BCUT2D eigenvalue weighted by molar-refractivity contribution is 0.146. The molecule has 0 unspecified atom stereocenters. The summed E-state index contributed by atoms with van der Waals surface area (Å²) < 4.78 is 12.8. The molecular weight excluding hydrogens is 442 g/mol. The highest BCUT2D eigenvalue weighted by atomic mass is 16.5. The Bertz CT molecular complexity index is 1360. The van der Waals surface area contributed by atoms with E-state index in [9.17, 15) is 0 Å². The van der Waals surface area contributed by atoms with Crippen molar-refractivity contribution in [2.75, 3.05) is 37.5 Å². The molecule has 0 spiro atoms. The van der Waals surface area contributed by atoms with E-state index >= 15 is 0 Å². The van der Waals surface area contributed by atoms with Crippen molar-refractivity contribution in [2.24, 2.45) is 7.05 Å². The molecule has 0 aliphatic carbocycles. The minimum absolute atomic E-state index is 0.225. The Morgan fingerprint density at radius 2 is 1.91 bits per heavy atom. The average molecular weight is 474 g/mol. The SMILES string of the molecule is COCCOc1cc(C)c(N(c2ccc3c(c2)CNCC3)c2nn(C)c3nc(N)ncc23)c(C)c1. The number of methoxy groups -OCH3 is 1. The zero-order valence-corrected chi connectivity index (χ0v) is 20.6. The summed E-state index contributed by atoms with van der Waals surface area (Å²) in [6.45, 7) is 7.08. The van der Waals surface area contributed by atoms with Gasteiger partial charge in [0.05, 0.1) is 17.7 Å². The molecule has 0 saturated heterocycles. The van der Waals surface area contributed by atoms with Crippen LogP contribution in [0.5, 0.6) is 5.75 Å². The molecule has 4 aromatic rings. The number of aromatic nitrogens is 4. The van der Waals surface area contributed by atoms with Crippen LogP contribution in [0.25, 0.3) is 11.0 Å². The Labute approximate surface area is 204 Å². The minimum atomic E-state index is 0.225. The van der Waals surface area contributed by atoms with Gasteiger partial charge in [0.2, 0.25) is 5.95 Å². The number of hydrogen-bond donors (Lipinski definition) is 2. The topological polar surface area (TPSA) is 103 Å². The van der Waals surface area contributed by atoms with Crippen LogP contribution in [0.15, 0.2) is 36.5 Å². The molecular formula is C26H31N7O2. The number of nitrogens with one attached hydrogen (secondary N) is 1. The van der Waals surface area contributed by atoms with Crippen molar-refractivity contribution in [1.29, 1.82) is 0 Å².